The third kappa shape index (κ3) is 4.64. The van der Waals surface area contributed by atoms with Crippen molar-refractivity contribution in [2.24, 2.45) is 5.92 Å². The maximum Gasteiger partial charge on any atom is 0.233 e. The van der Waals surface area contributed by atoms with Gasteiger partial charge in [-0.3, -0.25) is 14.7 Å². The lowest BCUT2D eigenvalue weighted by Crippen LogP contribution is -2.46. The summed E-state index contributed by atoms with van der Waals surface area (Å²) in [4.78, 5) is 24.0. The van der Waals surface area contributed by atoms with Crippen molar-refractivity contribution in [3.8, 4) is 0 Å². The molecule has 0 N–H and O–H groups in total. The lowest BCUT2D eigenvalue weighted by molar-refractivity contribution is -0.123. The van der Waals surface area contributed by atoms with E-state index in [-0.39, 0.29) is 12.5 Å². The zero-order valence-electron chi connectivity index (χ0n) is 16.4. The number of nitrogens with zero attached hydrogens (tertiary/aromatic N) is 4. The van der Waals surface area contributed by atoms with Gasteiger partial charge in [-0.2, -0.15) is 0 Å². The summed E-state index contributed by atoms with van der Waals surface area (Å²) >= 11 is 7.50. The maximum absolute atomic E-state index is 13.5. The van der Waals surface area contributed by atoms with Crippen molar-refractivity contribution >= 4 is 54.2 Å². The van der Waals surface area contributed by atoms with Crippen molar-refractivity contribution in [1.82, 2.24) is 14.3 Å². The van der Waals surface area contributed by atoms with Crippen molar-refractivity contribution in [2.75, 3.05) is 24.2 Å². The van der Waals surface area contributed by atoms with Crippen LogP contribution in [0.4, 0.5) is 5.13 Å². The van der Waals surface area contributed by atoms with Crippen molar-refractivity contribution in [2.45, 2.75) is 19.4 Å². The number of pyridine rings is 1. The number of hydrogen-bond acceptors (Lipinski definition) is 6. The molecule has 1 aromatic carbocycles. The Morgan fingerprint density at radius 1 is 1.37 bits per heavy atom. The SMILES string of the molecule is CS(=O)(=O)N1CCCC(C(=O)N(Cc2cccnc2)c2nc3ccc(Cl)cc3s2)C1. The molecule has 1 aliphatic heterocycles. The standard InChI is InChI=1S/C20H21ClN4O3S2/c1-30(27,28)24-9-3-5-15(13-24)19(26)25(12-14-4-2-8-22-11-14)20-23-17-7-6-16(21)10-18(17)29-20/h2,4,6-8,10-11,15H,3,5,9,12-13H2,1H3. The number of carbonyl (C=O) groups is 1. The van der Waals surface area contributed by atoms with E-state index in [9.17, 15) is 13.2 Å². The van der Waals surface area contributed by atoms with Crippen molar-refractivity contribution in [3.63, 3.8) is 0 Å². The number of carbonyl (C=O) groups excluding carboxylic acids is 1. The van der Waals surface area contributed by atoms with Gasteiger partial charge in [0.05, 0.1) is 28.9 Å². The van der Waals surface area contributed by atoms with E-state index < -0.39 is 15.9 Å². The highest BCUT2D eigenvalue weighted by molar-refractivity contribution is 7.88. The van der Waals surface area contributed by atoms with Gasteiger partial charge in [-0.15, -0.1) is 0 Å². The molecule has 1 fully saturated rings. The zero-order valence-corrected chi connectivity index (χ0v) is 18.8. The highest BCUT2D eigenvalue weighted by Gasteiger charge is 2.34. The van der Waals surface area contributed by atoms with Crippen LogP contribution >= 0.6 is 22.9 Å². The molecule has 1 amide bonds. The topological polar surface area (TPSA) is 83.5 Å². The first kappa shape index (κ1) is 21.2. The number of hydrogen-bond donors (Lipinski definition) is 0. The molecule has 0 saturated carbocycles. The number of fused-ring (bicyclic) bond motifs is 1. The molecule has 1 unspecified atom stereocenters. The number of benzene rings is 1. The monoisotopic (exact) mass is 464 g/mol. The molecule has 0 aliphatic carbocycles. The Labute approximate surface area is 184 Å². The molecule has 0 spiro atoms. The van der Waals surface area contributed by atoms with E-state index >= 15 is 0 Å². The number of aromatic nitrogens is 2. The molecular weight excluding hydrogens is 444 g/mol. The minimum atomic E-state index is -3.34. The summed E-state index contributed by atoms with van der Waals surface area (Å²) in [6.45, 7) is 0.957. The molecule has 30 heavy (non-hydrogen) atoms. The van der Waals surface area contributed by atoms with Gasteiger partial charge >= 0.3 is 0 Å². The minimum Gasteiger partial charge on any atom is -0.283 e. The summed E-state index contributed by atoms with van der Waals surface area (Å²) in [5.74, 6) is -0.543. The molecule has 1 aliphatic rings. The first-order valence-corrected chi connectivity index (χ1v) is 12.6. The molecule has 1 saturated heterocycles. The van der Waals surface area contributed by atoms with Crippen LogP contribution < -0.4 is 4.90 Å². The van der Waals surface area contributed by atoms with Crippen LogP contribution in [-0.2, 0) is 21.4 Å². The molecule has 4 rings (SSSR count). The van der Waals surface area contributed by atoms with Crippen LogP contribution in [0.15, 0.2) is 42.7 Å². The lowest BCUT2D eigenvalue weighted by Gasteiger charge is -2.33. The summed E-state index contributed by atoms with van der Waals surface area (Å²) in [5, 5.41) is 1.18. The number of amides is 1. The summed E-state index contributed by atoms with van der Waals surface area (Å²) < 4.78 is 26.3. The number of halogens is 1. The Bertz CT molecular complexity index is 1170. The third-order valence-electron chi connectivity index (χ3n) is 5.10. The van der Waals surface area contributed by atoms with Crippen LogP contribution in [0.3, 0.4) is 0 Å². The fraction of sp³-hybridized carbons (Fsp3) is 0.350. The molecule has 2 aromatic heterocycles. The van der Waals surface area contributed by atoms with Gasteiger partial charge in [0, 0.05) is 30.5 Å². The van der Waals surface area contributed by atoms with E-state index in [1.165, 1.54) is 21.9 Å². The van der Waals surface area contributed by atoms with Gasteiger partial charge in [0.15, 0.2) is 5.13 Å². The Hall–Kier alpha value is -2.07. The Balaban J connectivity index is 1.68. The summed E-state index contributed by atoms with van der Waals surface area (Å²) in [7, 11) is -3.34. The summed E-state index contributed by atoms with van der Waals surface area (Å²) in [6, 6.07) is 9.15. The van der Waals surface area contributed by atoms with Crippen LogP contribution in [0.1, 0.15) is 18.4 Å². The van der Waals surface area contributed by atoms with Crippen molar-refractivity contribution in [3.05, 3.63) is 53.3 Å². The number of sulfonamides is 1. The van der Waals surface area contributed by atoms with Crippen molar-refractivity contribution in [1.29, 1.82) is 0 Å². The van der Waals surface area contributed by atoms with Crippen LogP contribution in [0.5, 0.6) is 0 Å². The van der Waals surface area contributed by atoms with Gasteiger partial charge in [0.1, 0.15) is 0 Å². The molecule has 10 heteroatoms. The second-order valence-corrected chi connectivity index (χ2v) is 10.8. The van der Waals surface area contributed by atoms with Crippen molar-refractivity contribution < 1.29 is 13.2 Å². The molecule has 0 radical (unpaired) electrons. The number of piperidine rings is 1. The minimum absolute atomic E-state index is 0.127. The van der Waals surface area contributed by atoms with Crippen LogP contribution in [0.25, 0.3) is 10.2 Å². The number of thiazole rings is 1. The first-order chi connectivity index (χ1) is 14.3. The van der Waals surface area contributed by atoms with Gasteiger partial charge in [-0.25, -0.2) is 17.7 Å². The fourth-order valence-corrected chi connectivity index (χ4v) is 5.74. The Kier molecular flexibility index (Phi) is 6.06. The Morgan fingerprint density at radius 3 is 2.93 bits per heavy atom. The van der Waals surface area contributed by atoms with E-state index in [4.69, 9.17) is 11.6 Å². The van der Waals surface area contributed by atoms with E-state index in [0.29, 0.717) is 36.1 Å². The molecule has 7 nitrogen and oxygen atoms in total. The zero-order chi connectivity index (χ0) is 21.3. The fourth-order valence-electron chi connectivity index (χ4n) is 3.58. The highest BCUT2D eigenvalue weighted by atomic mass is 35.5. The van der Waals surface area contributed by atoms with E-state index in [0.717, 1.165) is 15.8 Å². The number of rotatable bonds is 5. The van der Waals surface area contributed by atoms with Gasteiger partial charge in [-0.1, -0.05) is 29.0 Å². The highest BCUT2D eigenvalue weighted by Crippen LogP contribution is 2.33. The van der Waals surface area contributed by atoms with Crippen LogP contribution in [0.2, 0.25) is 5.02 Å². The molecule has 3 aromatic rings. The molecule has 0 bridgehead atoms. The smallest absolute Gasteiger partial charge is 0.233 e. The third-order valence-corrected chi connectivity index (χ3v) is 7.65. The lowest BCUT2D eigenvalue weighted by atomic mass is 9.98. The average Bonchev–Trinajstić information content (AvgIpc) is 3.14. The second kappa shape index (κ2) is 8.58. The molecule has 3 heterocycles. The summed E-state index contributed by atoms with van der Waals surface area (Å²) in [6.07, 6.45) is 5.88. The normalized spacial score (nSPS) is 17.9. The predicted molar refractivity (Wildman–Crippen MR) is 119 cm³/mol. The Morgan fingerprint density at radius 2 is 2.20 bits per heavy atom. The molecule has 158 valence electrons. The van der Waals surface area contributed by atoms with E-state index in [2.05, 4.69) is 9.97 Å². The largest absolute Gasteiger partial charge is 0.283 e. The first-order valence-electron chi connectivity index (χ1n) is 9.53. The average molecular weight is 465 g/mol. The quantitative estimate of drug-likeness (QED) is 0.576. The van der Waals surface area contributed by atoms with Gasteiger partial charge in [0.25, 0.3) is 0 Å². The van der Waals surface area contributed by atoms with Gasteiger partial charge < -0.3 is 0 Å². The predicted octanol–water partition coefficient (Wildman–Crippen LogP) is 3.55. The van der Waals surface area contributed by atoms with Gasteiger partial charge in [-0.05, 0) is 42.7 Å². The summed E-state index contributed by atoms with van der Waals surface area (Å²) in [5.41, 5.74) is 1.64. The van der Waals surface area contributed by atoms with E-state index in [1.807, 2.05) is 24.3 Å². The van der Waals surface area contributed by atoms with Crippen LogP contribution in [-0.4, -0.2) is 47.9 Å². The van der Waals surface area contributed by atoms with Gasteiger partial charge in [0.2, 0.25) is 15.9 Å². The molecular formula is C20H21ClN4O3S2. The number of anilines is 1. The van der Waals surface area contributed by atoms with Crippen LogP contribution in [0, 0.1) is 5.92 Å². The van der Waals surface area contributed by atoms with E-state index in [1.54, 1.807) is 23.4 Å². The second-order valence-electron chi connectivity index (χ2n) is 7.35. The maximum atomic E-state index is 13.5. The molecule has 1 atom stereocenters.